The molecule has 0 bridgehead atoms. The first-order chi connectivity index (χ1) is 10.1. The van der Waals surface area contributed by atoms with Gasteiger partial charge in [0, 0.05) is 30.7 Å². The summed E-state index contributed by atoms with van der Waals surface area (Å²) in [5.41, 5.74) is 10.4. The summed E-state index contributed by atoms with van der Waals surface area (Å²) in [6.45, 7) is 2.02. The number of hydrogen-bond donors (Lipinski definition) is 2. The van der Waals surface area contributed by atoms with Crippen molar-refractivity contribution < 1.29 is 0 Å². The number of aryl methyl sites for hydroxylation is 2. The summed E-state index contributed by atoms with van der Waals surface area (Å²) in [4.78, 5) is 8.77. The Hall–Kier alpha value is -2.89. The molecule has 106 valence electrons. The first-order valence-electron chi connectivity index (χ1n) is 6.57. The van der Waals surface area contributed by atoms with Gasteiger partial charge in [-0.3, -0.25) is 4.68 Å². The van der Waals surface area contributed by atoms with E-state index in [4.69, 9.17) is 5.73 Å². The van der Waals surface area contributed by atoms with Crippen LogP contribution in [0.15, 0.2) is 42.9 Å². The zero-order chi connectivity index (χ0) is 14.8. The van der Waals surface area contributed by atoms with Gasteiger partial charge in [0.25, 0.3) is 0 Å². The summed E-state index contributed by atoms with van der Waals surface area (Å²) < 4.78 is 1.72. The summed E-state index contributed by atoms with van der Waals surface area (Å²) in [5, 5.41) is 7.24. The summed E-state index contributed by atoms with van der Waals surface area (Å²) in [6, 6.07) is 7.66. The normalized spacial score (nSPS) is 10.6. The molecule has 3 N–H and O–H groups in total. The molecule has 0 aliphatic rings. The summed E-state index contributed by atoms with van der Waals surface area (Å²) in [6.07, 6.45) is 5.33. The molecule has 0 spiro atoms. The maximum Gasteiger partial charge on any atom is 0.227 e. The number of rotatable bonds is 3. The molecule has 6 nitrogen and oxygen atoms in total. The molecule has 2 heterocycles. The van der Waals surface area contributed by atoms with E-state index >= 15 is 0 Å². The van der Waals surface area contributed by atoms with Crippen LogP contribution in [-0.4, -0.2) is 19.7 Å². The van der Waals surface area contributed by atoms with E-state index in [1.807, 2.05) is 44.4 Å². The number of nitrogens with zero attached hydrogens (tertiary/aromatic N) is 4. The van der Waals surface area contributed by atoms with Gasteiger partial charge in [0.05, 0.1) is 17.6 Å². The Labute approximate surface area is 122 Å². The van der Waals surface area contributed by atoms with Crippen LogP contribution in [0.3, 0.4) is 0 Å². The second kappa shape index (κ2) is 5.24. The van der Waals surface area contributed by atoms with E-state index in [1.165, 1.54) is 0 Å². The molecular weight excluding hydrogens is 264 g/mol. The van der Waals surface area contributed by atoms with Crippen LogP contribution in [0.1, 0.15) is 5.56 Å². The minimum absolute atomic E-state index is 0.539. The van der Waals surface area contributed by atoms with E-state index in [9.17, 15) is 0 Å². The largest absolute Gasteiger partial charge is 0.399 e. The monoisotopic (exact) mass is 280 g/mol. The van der Waals surface area contributed by atoms with Crippen molar-refractivity contribution in [1.82, 2.24) is 19.7 Å². The lowest BCUT2D eigenvalue weighted by Gasteiger charge is -2.08. The number of aromatic nitrogens is 4. The molecule has 0 unspecified atom stereocenters. The van der Waals surface area contributed by atoms with Crippen molar-refractivity contribution in [2.45, 2.75) is 6.92 Å². The van der Waals surface area contributed by atoms with Crippen molar-refractivity contribution in [2.24, 2.45) is 7.05 Å². The van der Waals surface area contributed by atoms with Crippen LogP contribution in [0.2, 0.25) is 0 Å². The van der Waals surface area contributed by atoms with Gasteiger partial charge >= 0.3 is 0 Å². The fourth-order valence-corrected chi connectivity index (χ4v) is 2.16. The number of nitrogens with two attached hydrogens (primary N) is 1. The molecule has 21 heavy (non-hydrogen) atoms. The quantitative estimate of drug-likeness (QED) is 0.720. The summed E-state index contributed by atoms with van der Waals surface area (Å²) in [5.74, 6) is 0.539. The van der Waals surface area contributed by atoms with E-state index in [2.05, 4.69) is 20.4 Å². The third-order valence-electron chi connectivity index (χ3n) is 3.14. The van der Waals surface area contributed by atoms with Crippen LogP contribution in [0, 0.1) is 6.92 Å². The molecule has 1 aromatic carbocycles. The van der Waals surface area contributed by atoms with Gasteiger partial charge in [-0.15, -0.1) is 0 Å². The highest BCUT2D eigenvalue weighted by Gasteiger charge is 2.06. The van der Waals surface area contributed by atoms with Gasteiger partial charge in [0.1, 0.15) is 0 Å². The lowest BCUT2D eigenvalue weighted by atomic mass is 10.1. The second-order valence-electron chi connectivity index (χ2n) is 4.87. The summed E-state index contributed by atoms with van der Waals surface area (Å²) >= 11 is 0. The van der Waals surface area contributed by atoms with Crippen LogP contribution in [0.25, 0.3) is 11.3 Å². The fraction of sp³-hybridized carbons (Fsp3) is 0.133. The molecular formula is C15H16N6. The number of benzene rings is 1. The zero-order valence-electron chi connectivity index (χ0n) is 11.9. The van der Waals surface area contributed by atoms with Crippen molar-refractivity contribution >= 4 is 17.3 Å². The Bertz CT molecular complexity index is 777. The van der Waals surface area contributed by atoms with Crippen LogP contribution in [0.4, 0.5) is 17.3 Å². The third kappa shape index (κ3) is 2.84. The maximum absolute atomic E-state index is 5.79. The Morgan fingerprint density at radius 2 is 2.10 bits per heavy atom. The molecule has 0 saturated carbocycles. The minimum atomic E-state index is 0.539. The van der Waals surface area contributed by atoms with Gasteiger partial charge in [-0.25, -0.2) is 9.97 Å². The number of nitrogen functional groups attached to an aromatic ring is 1. The molecule has 0 radical (unpaired) electrons. The molecule has 0 amide bonds. The minimum Gasteiger partial charge on any atom is -0.399 e. The van der Waals surface area contributed by atoms with E-state index in [1.54, 1.807) is 17.1 Å². The predicted octanol–water partition coefficient (Wildman–Crippen LogP) is 2.51. The highest BCUT2D eigenvalue weighted by atomic mass is 15.3. The average Bonchev–Trinajstić information content (AvgIpc) is 2.84. The number of hydrogen-bond acceptors (Lipinski definition) is 5. The average molecular weight is 280 g/mol. The van der Waals surface area contributed by atoms with Gasteiger partial charge in [-0.05, 0) is 30.7 Å². The van der Waals surface area contributed by atoms with Crippen LogP contribution in [-0.2, 0) is 7.05 Å². The van der Waals surface area contributed by atoms with Crippen LogP contribution < -0.4 is 11.1 Å². The number of nitrogens with one attached hydrogen (secondary N) is 1. The third-order valence-corrected chi connectivity index (χ3v) is 3.14. The summed E-state index contributed by atoms with van der Waals surface area (Å²) in [7, 11) is 1.86. The topological polar surface area (TPSA) is 81.6 Å². The van der Waals surface area contributed by atoms with Crippen molar-refractivity contribution in [3.05, 3.63) is 48.4 Å². The molecule has 0 aliphatic carbocycles. The molecule has 2 aromatic heterocycles. The van der Waals surface area contributed by atoms with E-state index in [0.717, 1.165) is 28.2 Å². The molecule has 0 atom stereocenters. The van der Waals surface area contributed by atoms with Gasteiger partial charge in [0.15, 0.2) is 0 Å². The smallest absolute Gasteiger partial charge is 0.227 e. The van der Waals surface area contributed by atoms with E-state index < -0.39 is 0 Å². The SMILES string of the molecule is Cc1cc(N)ccc1-c1ccnc(Nc2cnn(C)c2)n1. The Morgan fingerprint density at radius 3 is 2.81 bits per heavy atom. The molecule has 0 saturated heterocycles. The number of anilines is 3. The second-order valence-corrected chi connectivity index (χ2v) is 4.87. The fourth-order valence-electron chi connectivity index (χ4n) is 2.16. The highest BCUT2D eigenvalue weighted by molar-refractivity contribution is 5.67. The Kier molecular flexibility index (Phi) is 3.27. The van der Waals surface area contributed by atoms with Crippen molar-refractivity contribution in [1.29, 1.82) is 0 Å². The lowest BCUT2D eigenvalue weighted by molar-refractivity contribution is 0.768. The zero-order valence-corrected chi connectivity index (χ0v) is 11.9. The maximum atomic E-state index is 5.79. The molecule has 6 heteroatoms. The highest BCUT2D eigenvalue weighted by Crippen LogP contribution is 2.24. The van der Waals surface area contributed by atoms with E-state index in [-0.39, 0.29) is 0 Å². The Balaban J connectivity index is 1.92. The standard InChI is InChI=1S/C15H16N6/c1-10-7-11(16)3-4-13(10)14-5-6-17-15(20-14)19-12-8-18-21(2)9-12/h3-9H,16H2,1-2H3,(H,17,19,20). The van der Waals surface area contributed by atoms with Crippen molar-refractivity contribution in [2.75, 3.05) is 11.1 Å². The van der Waals surface area contributed by atoms with Crippen LogP contribution >= 0.6 is 0 Å². The van der Waals surface area contributed by atoms with E-state index in [0.29, 0.717) is 5.95 Å². The van der Waals surface area contributed by atoms with Gasteiger partial charge in [-0.1, -0.05) is 6.07 Å². The lowest BCUT2D eigenvalue weighted by Crippen LogP contribution is -1.98. The molecule has 3 rings (SSSR count). The van der Waals surface area contributed by atoms with Crippen LogP contribution in [0.5, 0.6) is 0 Å². The van der Waals surface area contributed by atoms with Gasteiger partial charge in [-0.2, -0.15) is 5.10 Å². The van der Waals surface area contributed by atoms with Gasteiger partial charge in [0.2, 0.25) is 5.95 Å². The van der Waals surface area contributed by atoms with Crippen molar-refractivity contribution in [3.63, 3.8) is 0 Å². The van der Waals surface area contributed by atoms with Crippen molar-refractivity contribution in [3.8, 4) is 11.3 Å². The molecule has 3 aromatic rings. The first-order valence-corrected chi connectivity index (χ1v) is 6.57. The van der Waals surface area contributed by atoms with Gasteiger partial charge < -0.3 is 11.1 Å². The molecule has 0 fully saturated rings. The Morgan fingerprint density at radius 1 is 1.24 bits per heavy atom. The predicted molar refractivity (Wildman–Crippen MR) is 83.1 cm³/mol. The molecule has 0 aliphatic heterocycles. The first kappa shape index (κ1) is 13.1.